The van der Waals surface area contributed by atoms with E-state index in [1.807, 2.05) is 0 Å². The van der Waals surface area contributed by atoms with Gasteiger partial charge in [0.15, 0.2) is 0 Å². The monoisotopic (exact) mass is 267 g/mol. The maximum Gasteiger partial charge on any atom is 0.00675 e. The van der Waals surface area contributed by atoms with Crippen LogP contribution in [0, 0.1) is 5.92 Å². The largest absolute Gasteiger partial charge is 0.314 e. The maximum atomic E-state index is 3.66. The van der Waals surface area contributed by atoms with Crippen molar-refractivity contribution in [2.45, 2.75) is 51.0 Å². The second-order valence-electron chi connectivity index (χ2n) is 6.80. The van der Waals surface area contributed by atoms with E-state index in [0.717, 1.165) is 12.0 Å². The molecule has 0 radical (unpaired) electrons. The summed E-state index contributed by atoms with van der Waals surface area (Å²) in [6.45, 7) is 6.43. The molecule has 2 aliphatic heterocycles. The first kappa shape index (κ1) is 15.3. The number of rotatable bonds is 6. The molecule has 112 valence electrons. The number of likely N-dealkylation sites (tertiary alicyclic amines) is 1. The van der Waals surface area contributed by atoms with E-state index in [9.17, 15) is 0 Å². The van der Waals surface area contributed by atoms with Gasteiger partial charge in [-0.05, 0) is 84.7 Å². The first-order valence-electron chi connectivity index (χ1n) is 8.34. The Morgan fingerprint density at radius 1 is 1.16 bits per heavy atom. The lowest BCUT2D eigenvalue weighted by atomic mass is 9.96. The predicted octanol–water partition coefficient (Wildman–Crippen LogP) is 2.18. The first-order valence-corrected chi connectivity index (χ1v) is 8.34. The van der Waals surface area contributed by atoms with Gasteiger partial charge in [-0.25, -0.2) is 0 Å². The summed E-state index contributed by atoms with van der Waals surface area (Å²) >= 11 is 0. The van der Waals surface area contributed by atoms with Crippen LogP contribution in [0.3, 0.4) is 0 Å². The van der Waals surface area contributed by atoms with Crippen LogP contribution in [-0.4, -0.2) is 62.7 Å². The van der Waals surface area contributed by atoms with Gasteiger partial charge in [0.1, 0.15) is 0 Å². The maximum absolute atomic E-state index is 3.66. The van der Waals surface area contributed by atoms with Crippen molar-refractivity contribution in [3.8, 4) is 0 Å². The van der Waals surface area contributed by atoms with Crippen molar-refractivity contribution >= 4 is 0 Å². The average Bonchev–Trinajstić information content (AvgIpc) is 2.43. The van der Waals surface area contributed by atoms with Crippen molar-refractivity contribution in [3.05, 3.63) is 0 Å². The third-order valence-corrected chi connectivity index (χ3v) is 4.91. The number of nitrogens with zero attached hydrogens (tertiary/aromatic N) is 2. The molecule has 0 bridgehead atoms. The fraction of sp³-hybridized carbons (Fsp3) is 1.00. The van der Waals surface area contributed by atoms with E-state index < -0.39 is 0 Å². The summed E-state index contributed by atoms with van der Waals surface area (Å²) in [5.41, 5.74) is 0. The average molecular weight is 267 g/mol. The Morgan fingerprint density at radius 3 is 2.63 bits per heavy atom. The van der Waals surface area contributed by atoms with Crippen molar-refractivity contribution in [1.82, 2.24) is 15.1 Å². The molecule has 0 aromatic heterocycles. The minimum atomic E-state index is 0.811. The molecule has 1 unspecified atom stereocenters. The summed E-state index contributed by atoms with van der Waals surface area (Å²) in [6, 6.07) is 0.811. The quantitative estimate of drug-likeness (QED) is 0.796. The highest BCUT2D eigenvalue weighted by atomic mass is 15.1. The van der Waals surface area contributed by atoms with Gasteiger partial charge in [-0.2, -0.15) is 0 Å². The Kier molecular flexibility index (Phi) is 6.62. The normalized spacial score (nSPS) is 27.0. The molecule has 0 aliphatic carbocycles. The van der Waals surface area contributed by atoms with Crippen molar-refractivity contribution in [2.75, 3.05) is 46.8 Å². The molecule has 3 heteroatoms. The van der Waals surface area contributed by atoms with Crippen LogP contribution in [0.4, 0.5) is 0 Å². The Labute approximate surface area is 119 Å². The third kappa shape index (κ3) is 5.80. The Hall–Kier alpha value is -0.120. The first-order chi connectivity index (χ1) is 9.24. The molecule has 19 heavy (non-hydrogen) atoms. The van der Waals surface area contributed by atoms with E-state index >= 15 is 0 Å². The molecule has 2 heterocycles. The van der Waals surface area contributed by atoms with E-state index in [2.05, 4.69) is 29.2 Å². The second-order valence-corrected chi connectivity index (χ2v) is 6.80. The van der Waals surface area contributed by atoms with Crippen LogP contribution in [0.15, 0.2) is 0 Å². The SMILES string of the molecule is CN1CCC(CN(C)CCCC2CCCCN2)CC1. The highest BCUT2D eigenvalue weighted by molar-refractivity contribution is 4.74. The molecule has 0 aromatic rings. The summed E-state index contributed by atoms with van der Waals surface area (Å²) < 4.78 is 0. The van der Waals surface area contributed by atoms with Crippen LogP contribution in [0.25, 0.3) is 0 Å². The molecule has 3 nitrogen and oxygen atoms in total. The Balaban J connectivity index is 1.52. The predicted molar refractivity (Wildman–Crippen MR) is 82.6 cm³/mol. The number of hydrogen-bond donors (Lipinski definition) is 1. The summed E-state index contributed by atoms with van der Waals surface area (Å²) in [4.78, 5) is 5.03. The van der Waals surface area contributed by atoms with Crippen LogP contribution >= 0.6 is 0 Å². The number of nitrogens with one attached hydrogen (secondary N) is 1. The third-order valence-electron chi connectivity index (χ3n) is 4.91. The fourth-order valence-corrected chi connectivity index (χ4v) is 3.55. The topological polar surface area (TPSA) is 18.5 Å². The standard InChI is InChI=1S/C16H33N3/c1-18-12-8-15(9-13-18)14-19(2)11-5-7-16-6-3-4-10-17-16/h15-17H,3-14H2,1-2H3. The van der Waals surface area contributed by atoms with Gasteiger partial charge in [-0.3, -0.25) is 0 Å². The van der Waals surface area contributed by atoms with E-state index in [1.54, 1.807) is 0 Å². The van der Waals surface area contributed by atoms with Gasteiger partial charge in [0.05, 0.1) is 0 Å². The van der Waals surface area contributed by atoms with Gasteiger partial charge < -0.3 is 15.1 Å². The molecule has 0 amide bonds. The zero-order valence-corrected chi connectivity index (χ0v) is 13.0. The van der Waals surface area contributed by atoms with Crippen LogP contribution in [0.2, 0.25) is 0 Å². The molecule has 0 spiro atoms. The lowest BCUT2D eigenvalue weighted by molar-refractivity contribution is 0.174. The smallest absolute Gasteiger partial charge is 0.00675 e. The molecule has 2 aliphatic rings. The highest BCUT2D eigenvalue weighted by Gasteiger charge is 2.18. The van der Waals surface area contributed by atoms with E-state index in [4.69, 9.17) is 0 Å². The fourth-order valence-electron chi connectivity index (χ4n) is 3.55. The van der Waals surface area contributed by atoms with Gasteiger partial charge in [-0.1, -0.05) is 6.42 Å². The molecule has 0 saturated carbocycles. The molecule has 1 N–H and O–H groups in total. The van der Waals surface area contributed by atoms with E-state index in [0.29, 0.717) is 0 Å². The van der Waals surface area contributed by atoms with Gasteiger partial charge >= 0.3 is 0 Å². The van der Waals surface area contributed by atoms with Gasteiger partial charge in [0.2, 0.25) is 0 Å². The molecule has 2 saturated heterocycles. The summed E-state index contributed by atoms with van der Waals surface area (Å²) in [7, 11) is 4.56. The number of piperidine rings is 2. The molecular weight excluding hydrogens is 234 g/mol. The summed E-state index contributed by atoms with van der Waals surface area (Å²) in [5, 5.41) is 3.66. The van der Waals surface area contributed by atoms with Crippen LogP contribution in [0.1, 0.15) is 44.9 Å². The molecule has 1 atom stereocenters. The molecule has 0 aromatic carbocycles. The van der Waals surface area contributed by atoms with Crippen molar-refractivity contribution in [1.29, 1.82) is 0 Å². The minimum absolute atomic E-state index is 0.811. The van der Waals surface area contributed by atoms with Gasteiger partial charge in [0.25, 0.3) is 0 Å². The summed E-state index contributed by atoms with van der Waals surface area (Å²) in [5.74, 6) is 0.939. The zero-order valence-electron chi connectivity index (χ0n) is 13.0. The minimum Gasteiger partial charge on any atom is -0.314 e. The van der Waals surface area contributed by atoms with E-state index in [1.165, 1.54) is 77.7 Å². The molecule has 2 fully saturated rings. The zero-order chi connectivity index (χ0) is 13.5. The highest BCUT2D eigenvalue weighted by Crippen LogP contribution is 2.17. The molecule has 2 rings (SSSR count). The summed E-state index contributed by atoms with van der Waals surface area (Å²) in [6.07, 6.45) is 9.74. The lowest BCUT2D eigenvalue weighted by Gasteiger charge is -2.32. The van der Waals surface area contributed by atoms with Crippen LogP contribution in [-0.2, 0) is 0 Å². The van der Waals surface area contributed by atoms with Gasteiger partial charge in [0, 0.05) is 12.6 Å². The van der Waals surface area contributed by atoms with Crippen LogP contribution in [0.5, 0.6) is 0 Å². The van der Waals surface area contributed by atoms with Crippen molar-refractivity contribution in [2.24, 2.45) is 5.92 Å². The van der Waals surface area contributed by atoms with Gasteiger partial charge in [-0.15, -0.1) is 0 Å². The lowest BCUT2D eigenvalue weighted by Crippen LogP contribution is -2.37. The molecular formula is C16H33N3. The number of hydrogen-bond acceptors (Lipinski definition) is 3. The second kappa shape index (κ2) is 8.23. The van der Waals surface area contributed by atoms with Crippen molar-refractivity contribution < 1.29 is 0 Å². The Morgan fingerprint density at radius 2 is 1.95 bits per heavy atom. The van der Waals surface area contributed by atoms with E-state index in [-0.39, 0.29) is 0 Å². The Bertz CT molecular complexity index is 230. The van der Waals surface area contributed by atoms with Crippen LogP contribution < -0.4 is 5.32 Å². The van der Waals surface area contributed by atoms with Crippen molar-refractivity contribution in [3.63, 3.8) is 0 Å².